The largest absolute Gasteiger partial charge is 0.497 e. The van der Waals surface area contributed by atoms with Crippen LogP contribution in [-0.4, -0.2) is 18.9 Å². The van der Waals surface area contributed by atoms with E-state index in [9.17, 15) is 13.2 Å². The molecular weight excluding hydrogens is 317 g/mol. The van der Waals surface area contributed by atoms with Gasteiger partial charge in [0.05, 0.1) is 7.11 Å². The van der Waals surface area contributed by atoms with Crippen LogP contribution >= 0.6 is 0 Å². The highest BCUT2D eigenvalue weighted by atomic mass is 19.4. The average Bonchev–Trinajstić information content (AvgIpc) is 2.60. The van der Waals surface area contributed by atoms with Crippen molar-refractivity contribution in [3.63, 3.8) is 0 Å². The van der Waals surface area contributed by atoms with Crippen LogP contribution in [0.1, 0.15) is 18.9 Å². The normalized spacial score (nSPS) is 19.5. The van der Waals surface area contributed by atoms with Gasteiger partial charge < -0.3 is 9.47 Å². The van der Waals surface area contributed by atoms with Gasteiger partial charge in [-0.1, -0.05) is 31.2 Å². The molecule has 5 heteroatoms. The molecule has 0 bridgehead atoms. The van der Waals surface area contributed by atoms with Gasteiger partial charge in [0.25, 0.3) is 0 Å². The Morgan fingerprint density at radius 1 is 1.04 bits per heavy atom. The highest BCUT2D eigenvalue weighted by Crippen LogP contribution is 2.43. The molecule has 0 aromatic heterocycles. The van der Waals surface area contributed by atoms with Crippen molar-refractivity contribution in [2.24, 2.45) is 0 Å². The Hall–Kier alpha value is -2.43. The maximum atomic E-state index is 13.3. The summed E-state index contributed by atoms with van der Waals surface area (Å²) in [6.07, 6.45) is -2.03. The molecule has 1 aliphatic rings. The molecule has 0 radical (unpaired) electrons. The Kier molecular flexibility index (Phi) is 4.03. The molecule has 0 fully saturated rings. The maximum absolute atomic E-state index is 13.3. The number of methoxy groups -OCH3 is 1. The van der Waals surface area contributed by atoms with E-state index >= 15 is 0 Å². The molecule has 3 rings (SSSR count). The highest BCUT2D eigenvalue weighted by molar-refractivity contribution is 5.72. The first-order chi connectivity index (χ1) is 11.4. The minimum Gasteiger partial charge on any atom is -0.497 e. The van der Waals surface area contributed by atoms with E-state index in [1.54, 1.807) is 19.2 Å². The van der Waals surface area contributed by atoms with Crippen LogP contribution in [0.2, 0.25) is 0 Å². The van der Waals surface area contributed by atoms with E-state index in [1.807, 2.05) is 30.3 Å². The SMILES string of the molecule is CCC1(C(F)(F)F)C=Cc2cc(-c3ccc(OC)cc3)ccc2O1. The van der Waals surface area contributed by atoms with Crippen molar-refractivity contribution in [3.8, 4) is 22.6 Å². The van der Waals surface area contributed by atoms with Gasteiger partial charge in [-0.05, 0) is 47.9 Å². The molecule has 0 N–H and O–H groups in total. The summed E-state index contributed by atoms with van der Waals surface area (Å²) in [6, 6.07) is 12.7. The second-order valence-corrected chi connectivity index (χ2v) is 5.66. The van der Waals surface area contributed by atoms with Crippen LogP contribution in [0.15, 0.2) is 48.5 Å². The van der Waals surface area contributed by atoms with E-state index in [0.717, 1.165) is 23.0 Å². The Morgan fingerprint density at radius 3 is 2.29 bits per heavy atom. The molecule has 2 aromatic carbocycles. The summed E-state index contributed by atoms with van der Waals surface area (Å²) in [4.78, 5) is 0. The maximum Gasteiger partial charge on any atom is 0.432 e. The summed E-state index contributed by atoms with van der Waals surface area (Å²) in [5, 5.41) is 0. The van der Waals surface area contributed by atoms with Crippen molar-refractivity contribution in [1.82, 2.24) is 0 Å². The van der Waals surface area contributed by atoms with E-state index in [1.165, 1.54) is 13.0 Å². The van der Waals surface area contributed by atoms with Gasteiger partial charge in [0.2, 0.25) is 5.60 Å². The predicted octanol–water partition coefficient (Wildman–Crippen LogP) is 5.48. The van der Waals surface area contributed by atoms with Crippen LogP contribution in [0.25, 0.3) is 17.2 Å². The fourth-order valence-electron chi connectivity index (χ4n) is 2.73. The second kappa shape index (κ2) is 5.89. The molecule has 2 nitrogen and oxygen atoms in total. The topological polar surface area (TPSA) is 18.5 Å². The molecule has 126 valence electrons. The smallest absolute Gasteiger partial charge is 0.432 e. The summed E-state index contributed by atoms with van der Waals surface area (Å²) in [5.41, 5.74) is 0.245. The molecule has 0 saturated heterocycles. The van der Waals surface area contributed by atoms with E-state index in [0.29, 0.717) is 5.56 Å². The minimum absolute atomic E-state index is 0.174. The minimum atomic E-state index is -4.45. The number of halogens is 3. The number of hydrogen-bond acceptors (Lipinski definition) is 2. The third-order valence-corrected chi connectivity index (χ3v) is 4.26. The van der Waals surface area contributed by atoms with Crippen LogP contribution < -0.4 is 9.47 Å². The van der Waals surface area contributed by atoms with Gasteiger partial charge in [0.15, 0.2) is 0 Å². The van der Waals surface area contributed by atoms with Crippen LogP contribution in [0, 0.1) is 0 Å². The average molecular weight is 334 g/mol. The van der Waals surface area contributed by atoms with Gasteiger partial charge in [-0.15, -0.1) is 0 Å². The molecule has 0 saturated carbocycles. The lowest BCUT2D eigenvalue weighted by Crippen LogP contribution is -2.49. The molecule has 1 aliphatic heterocycles. The van der Waals surface area contributed by atoms with Crippen molar-refractivity contribution in [3.05, 3.63) is 54.1 Å². The molecule has 2 aromatic rings. The zero-order valence-electron chi connectivity index (χ0n) is 13.4. The number of rotatable bonds is 3. The van der Waals surface area contributed by atoms with Crippen molar-refractivity contribution in [1.29, 1.82) is 0 Å². The van der Waals surface area contributed by atoms with E-state index in [2.05, 4.69) is 0 Å². The number of ether oxygens (including phenoxy) is 2. The van der Waals surface area contributed by atoms with Crippen molar-refractivity contribution >= 4 is 6.08 Å². The molecule has 1 heterocycles. The zero-order chi connectivity index (χ0) is 17.4. The van der Waals surface area contributed by atoms with Crippen LogP contribution in [0.5, 0.6) is 11.5 Å². The fraction of sp³-hybridized carbons (Fsp3) is 0.263. The standard InChI is InChI=1S/C19H17F3O2/c1-3-18(19(20,21)22)11-10-15-12-14(6-9-17(15)24-18)13-4-7-16(23-2)8-5-13/h4-12H,3H2,1-2H3. The Bertz CT molecular complexity index is 763. The number of fused-ring (bicyclic) bond motifs is 1. The molecule has 0 amide bonds. The summed E-state index contributed by atoms with van der Waals surface area (Å²) in [6.45, 7) is 1.47. The van der Waals surface area contributed by atoms with E-state index < -0.39 is 11.8 Å². The lowest BCUT2D eigenvalue weighted by molar-refractivity contribution is -0.230. The second-order valence-electron chi connectivity index (χ2n) is 5.66. The molecule has 24 heavy (non-hydrogen) atoms. The van der Waals surface area contributed by atoms with Gasteiger partial charge >= 0.3 is 6.18 Å². The van der Waals surface area contributed by atoms with Crippen LogP contribution in [0.4, 0.5) is 13.2 Å². The number of benzene rings is 2. The first-order valence-corrected chi connectivity index (χ1v) is 7.62. The molecule has 0 spiro atoms. The molecule has 1 atom stereocenters. The first-order valence-electron chi connectivity index (χ1n) is 7.62. The summed E-state index contributed by atoms with van der Waals surface area (Å²) < 4.78 is 50.4. The summed E-state index contributed by atoms with van der Waals surface area (Å²) >= 11 is 0. The van der Waals surface area contributed by atoms with Crippen molar-refractivity contribution in [2.45, 2.75) is 25.1 Å². The van der Waals surface area contributed by atoms with Gasteiger partial charge in [-0.3, -0.25) is 0 Å². The Labute approximate surface area is 138 Å². The number of alkyl halides is 3. The summed E-state index contributed by atoms with van der Waals surface area (Å²) in [7, 11) is 1.59. The molecule has 1 unspecified atom stereocenters. The van der Waals surface area contributed by atoms with Crippen LogP contribution in [-0.2, 0) is 0 Å². The Morgan fingerprint density at radius 2 is 1.71 bits per heavy atom. The number of hydrogen-bond donors (Lipinski definition) is 0. The van der Waals surface area contributed by atoms with Gasteiger partial charge in [0, 0.05) is 5.56 Å². The van der Waals surface area contributed by atoms with Gasteiger partial charge in [-0.2, -0.15) is 13.2 Å². The third kappa shape index (κ3) is 2.75. The highest BCUT2D eigenvalue weighted by Gasteiger charge is 2.55. The third-order valence-electron chi connectivity index (χ3n) is 4.26. The van der Waals surface area contributed by atoms with Gasteiger partial charge in [0.1, 0.15) is 11.5 Å². The quantitative estimate of drug-likeness (QED) is 0.740. The Balaban J connectivity index is 1.95. The first kappa shape index (κ1) is 16.4. The van der Waals surface area contributed by atoms with Crippen molar-refractivity contribution < 1.29 is 22.6 Å². The van der Waals surface area contributed by atoms with Crippen LogP contribution in [0.3, 0.4) is 0 Å². The van der Waals surface area contributed by atoms with E-state index in [4.69, 9.17) is 9.47 Å². The summed E-state index contributed by atoms with van der Waals surface area (Å²) in [5.74, 6) is 0.992. The lowest BCUT2D eigenvalue weighted by Gasteiger charge is -2.35. The van der Waals surface area contributed by atoms with Crippen molar-refractivity contribution in [2.75, 3.05) is 7.11 Å². The lowest BCUT2D eigenvalue weighted by atomic mass is 9.93. The predicted molar refractivity (Wildman–Crippen MR) is 87.2 cm³/mol. The monoisotopic (exact) mass is 334 g/mol. The van der Waals surface area contributed by atoms with E-state index in [-0.39, 0.29) is 12.2 Å². The van der Waals surface area contributed by atoms with Gasteiger partial charge in [-0.25, -0.2) is 0 Å². The molecule has 0 aliphatic carbocycles. The molecular formula is C19H17F3O2. The fourth-order valence-corrected chi connectivity index (χ4v) is 2.73. The zero-order valence-corrected chi connectivity index (χ0v) is 13.4.